The predicted molar refractivity (Wildman–Crippen MR) is 141 cm³/mol. The smallest absolute Gasteiger partial charge is 0.264 e. The molecule has 0 spiro atoms. The molecule has 0 aliphatic carbocycles. The highest BCUT2D eigenvalue weighted by Crippen LogP contribution is 2.33. The molecule has 0 radical (unpaired) electrons. The Morgan fingerprint density at radius 1 is 1.08 bits per heavy atom. The van der Waals surface area contributed by atoms with Crippen molar-refractivity contribution in [3.05, 3.63) is 96.5 Å². The Bertz CT molecular complexity index is 1670. The summed E-state index contributed by atoms with van der Waals surface area (Å²) in [5, 5.41) is 0.833. The predicted octanol–water partition coefficient (Wildman–Crippen LogP) is 6.00. The molecule has 0 atom stereocenters. The summed E-state index contributed by atoms with van der Waals surface area (Å²) in [5.74, 6) is -2.13. The zero-order chi connectivity index (χ0) is 26.6. The summed E-state index contributed by atoms with van der Waals surface area (Å²) in [7, 11) is -3.08. The minimum absolute atomic E-state index is 0.0133. The van der Waals surface area contributed by atoms with Crippen LogP contribution in [0.25, 0.3) is 27.6 Å². The molecular formula is C27H22F2N4O3S. The van der Waals surface area contributed by atoms with E-state index in [9.17, 15) is 17.2 Å². The van der Waals surface area contributed by atoms with E-state index in [-0.39, 0.29) is 11.6 Å². The van der Waals surface area contributed by atoms with Crippen LogP contribution in [0.15, 0.2) is 89.2 Å². The Morgan fingerprint density at radius 2 is 1.89 bits per heavy atom. The second kappa shape index (κ2) is 10.7. The van der Waals surface area contributed by atoms with Gasteiger partial charge in [0.05, 0.1) is 12.6 Å². The van der Waals surface area contributed by atoms with Crippen molar-refractivity contribution in [2.45, 2.75) is 11.8 Å². The van der Waals surface area contributed by atoms with Gasteiger partial charge in [-0.1, -0.05) is 18.2 Å². The van der Waals surface area contributed by atoms with E-state index in [2.05, 4.69) is 26.4 Å². The van der Waals surface area contributed by atoms with E-state index in [1.54, 1.807) is 12.4 Å². The fourth-order valence-corrected chi connectivity index (χ4v) is 4.91. The number of hydrogen-bond donors (Lipinski definition) is 1. The molecule has 188 valence electrons. The van der Waals surface area contributed by atoms with Crippen molar-refractivity contribution in [3.8, 4) is 17.0 Å². The molecule has 0 fully saturated rings. The standard InChI is InChI=1S/C27H22F2N4O3S/c1-4-5-18(15-30-2)21-10-11-31-24-8-6-17(12-22(21)24)19-13-25(27(36-3)32-16-19)33-37(34,35)26-9-7-20(28)14-23(26)29/h4-16,33H,2H2,1,3H3/b5-4-,18-15+. The second-order valence-electron chi connectivity index (χ2n) is 7.82. The Hall–Kier alpha value is -4.44. The van der Waals surface area contributed by atoms with Crippen LogP contribution >= 0.6 is 0 Å². The third-order valence-corrected chi connectivity index (χ3v) is 6.83. The normalized spacial score (nSPS) is 12.2. The van der Waals surface area contributed by atoms with Crippen LogP contribution in [0.4, 0.5) is 14.5 Å². The highest BCUT2D eigenvalue weighted by molar-refractivity contribution is 7.92. The number of anilines is 1. The van der Waals surface area contributed by atoms with Gasteiger partial charge in [0.1, 0.15) is 22.2 Å². The van der Waals surface area contributed by atoms with E-state index in [0.717, 1.165) is 39.7 Å². The lowest BCUT2D eigenvalue weighted by Crippen LogP contribution is -2.15. The van der Waals surface area contributed by atoms with Gasteiger partial charge in [0, 0.05) is 41.2 Å². The molecular weight excluding hydrogens is 498 g/mol. The molecule has 2 heterocycles. The number of aliphatic imine (C=N–C) groups is 1. The van der Waals surface area contributed by atoms with Crippen molar-refractivity contribution in [1.82, 2.24) is 9.97 Å². The summed E-state index contributed by atoms with van der Waals surface area (Å²) < 4.78 is 60.8. The van der Waals surface area contributed by atoms with Gasteiger partial charge in [-0.2, -0.15) is 0 Å². The van der Waals surface area contributed by atoms with E-state index in [1.807, 2.05) is 43.3 Å². The van der Waals surface area contributed by atoms with Gasteiger partial charge in [-0.3, -0.25) is 14.7 Å². The molecule has 1 N–H and O–H groups in total. The van der Waals surface area contributed by atoms with Crippen molar-refractivity contribution in [2.75, 3.05) is 11.8 Å². The van der Waals surface area contributed by atoms with Crippen molar-refractivity contribution >= 4 is 38.9 Å². The molecule has 0 bridgehead atoms. The van der Waals surface area contributed by atoms with Crippen LogP contribution in [0.1, 0.15) is 12.5 Å². The number of hydrogen-bond acceptors (Lipinski definition) is 6. The lowest BCUT2D eigenvalue weighted by Gasteiger charge is -2.14. The molecule has 2 aromatic heterocycles. The van der Waals surface area contributed by atoms with Gasteiger partial charge in [-0.15, -0.1) is 0 Å². The number of benzene rings is 2. The highest BCUT2D eigenvalue weighted by atomic mass is 32.2. The lowest BCUT2D eigenvalue weighted by molar-refractivity contribution is 0.400. The van der Waals surface area contributed by atoms with Crippen molar-refractivity contribution in [3.63, 3.8) is 0 Å². The van der Waals surface area contributed by atoms with Crippen LogP contribution < -0.4 is 9.46 Å². The van der Waals surface area contributed by atoms with E-state index < -0.39 is 26.6 Å². The molecule has 37 heavy (non-hydrogen) atoms. The topological polar surface area (TPSA) is 93.5 Å². The second-order valence-corrected chi connectivity index (χ2v) is 9.47. The Labute approximate surface area is 212 Å². The van der Waals surface area contributed by atoms with E-state index >= 15 is 0 Å². The Balaban J connectivity index is 1.81. The molecule has 7 nitrogen and oxygen atoms in total. The van der Waals surface area contributed by atoms with Crippen LogP contribution in [-0.4, -0.2) is 32.2 Å². The highest BCUT2D eigenvalue weighted by Gasteiger charge is 2.22. The maximum absolute atomic E-state index is 14.2. The van der Waals surface area contributed by atoms with Crippen LogP contribution in [-0.2, 0) is 10.0 Å². The maximum Gasteiger partial charge on any atom is 0.264 e. The lowest BCUT2D eigenvalue weighted by atomic mass is 9.98. The number of nitrogens with one attached hydrogen (secondary N) is 1. The van der Waals surface area contributed by atoms with Gasteiger partial charge < -0.3 is 4.74 Å². The number of methoxy groups -OCH3 is 1. The monoisotopic (exact) mass is 520 g/mol. The van der Waals surface area contributed by atoms with Crippen LogP contribution in [0, 0.1) is 11.6 Å². The van der Waals surface area contributed by atoms with Gasteiger partial charge in [-0.05, 0) is 61.2 Å². The summed E-state index contributed by atoms with van der Waals surface area (Å²) in [6, 6.07) is 11.2. The van der Waals surface area contributed by atoms with Gasteiger partial charge in [0.15, 0.2) is 0 Å². The number of aromatic nitrogens is 2. The van der Waals surface area contributed by atoms with E-state index in [4.69, 9.17) is 4.74 Å². The molecule has 2 aromatic carbocycles. The number of ether oxygens (including phenoxy) is 1. The van der Waals surface area contributed by atoms with Crippen molar-refractivity contribution in [1.29, 1.82) is 0 Å². The Morgan fingerprint density at radius 3 is 2.59 bits per heavy atom. The average Bonchev–Trinajstić information content (AvgIpc) is 2.87. The molecule has 10 heteroatoms. The van der Waals surface area contributed by atoms with Crippen LogP contribution in [0.3, 0.4) is 0 Å². The van der Waals surface area contributed by atoms with Crippen LogP contribution in [0.2, 0.25) is 0 Å². The molecule has 4 rings (SSSR count). The van der Waals surface area contributed by atoms with Crippen LogP contribution in [0.5, 0.6) is 5.88 Å². The largest absolute Gasteiger partial charge is 0.480 e. The third kappa shape index (κ3) is 5.39. The fraction of sp³-hybridized carbons (Fsp3) is 0.0741. The average molecular weight is 521 g/mol. The van der Waals surface area contributed by atoms with Gasteiger partial charge in [-0.25, -0.2) is 22.2 Å². The first-order chi connectivity index (χ1) is 17.8. The van der Waals surface area contributed by atoms with Gasteiger partial charge >= 0.3 is 0 Å². The van der Waals surface area contributed by atoms with E-state index in [1.165, 1.54) is 19.4 Å². The summed E-state index contributed by atoms with van der Waals surface area (Å²) >= 11 is 0. The quantitative estimate of drug-likeness (QED) is 0.227. The molecule has 4 aromatic rings. The molecule has 0 unspecified atom stereocenters. The molecule has 0 amide bonds. The first-order valence-electron chi connectivity index (χ1n) is 11.0. The summed E-state index contributed by atoms with van der Waals surface area (Å²) in [5.41, 5.74) is 3.73. The Kier molecular flexibility index (Phi) is 7.40. The zero-order valence-electron chi connectivity index (χ0n) is 19.9. The zero-order valence-corrected chi connectivity index (χ0v) is 20.8. The molecule has 0 saturated heterocycles. The summed E-state index contributed by atoms with van der Waals surface area (Å²) in [6.45, 7) is 5.44. The first kappa shape index (κ1) is 25.6. The number of fused-ring (bicyclic) bond motifs is 1. The molecule has 0 aliphatic heterocycles. The van der Waals surface area contributed by atoms with E-state index in [0.29, 0.717) is 11.6 Å². The number of nitrogens with zero attached hydrogens (tertiary/aromatic N) is 3. The summed E-state index contributed by atoms with van der Waals surface area (Å²) in [4.78, 5) is 11.8. The number of rotatable bonds is 8. The number of sulfonamides is 1. The van der Waals surface area contributed by atoms with Gasteiger partial charge in [0.2, 0.25) is 5.88 Å². The fourth-order valence-electron chi connectivity index (χ4n) is 3.80. The molecule has 0 saturated carbocycles. The SMILES string of the molecule is C=N/C=C(\C=C/C)c1ccnc2ccc(-c3cnc(OC)c(NS(=O)(=O)c4ccc(F)cc4F)c3)cc12. The van der Waals surface area contributed by atoms with Gasteiger partial charge in [0.25, 0.3) is 10.0 Å². The third-order valence-electron chi connectivity index (χ3n) is 5.43. The maximum atomic E-state index is 14.2. The minimum atomic E-state index is -4.41. The first-order valence-corrected chi connectivity index (χ1v) is 12.5. The number of allylic oxidation sites excluding steroid dienone is 3. The number of halogens is 2. The molecule has 0 aliphatic rings. The van der Waals surface area contributed by atoms with Crippen molar-refractivity contribution in [2.24, 2.45) is 4.99 Å². The summed E-state index contributed by atoms with van der Waals surface area (Å²) in [6.07, 6.45) is 8.68. The number of pyridine rings is 2. The van der Waals surface area contributed by atoms with Crippen molar-refractivity contribution < 1.29 is 21.9 Å². The minimum Gasteiger partial charge on any atom is -0.480 e.